The topological polar surface area (TPSA) is 32.3 Å². The van der Waals surface area contributed by atoms with Crippen molar-refractivity contribution in [3.63, 3.8) is 0 Å². The summed E-state index contributed by atoms with van der Waals surface area (Å²) in [6, 6.07) is 0.273. The predicted molar refractivity (Wildman–Crippen MR) is 71.9 cm³/mol. The number of nitrogens with one attached hydrogen (secondary N) is 1. The smallest absolute Gasteiger partial charge is 0.242 e. The largest absolute Gasteiger partial charge is 0.337 e. The van der Waals surface area contributed by atoms with Gasteiger partial charge in [-0.05, 0) is 47.0 Å². The third kappa shape index (κ3) is 3.21. The zero-order valence-corrected chi connectivity index (χ0v) is 12.4. The van der Waals surface area contributed by atoms with Crippen LogP contribution in [0.4, 0.5) is 0 Å². The normalized spacial score (nSPS) is 29.2. The van der Waals surface area contributed by atoms with Crippen molar-refractivity contribution in [2.45, 2.75) is 72.0 Å². The number of hydrogen-bond acceptors (Lipinski definition) is 2. The molecule has 1 amide bonds. The standard InChI is InChI=1S/C14H28N2O/c1-10(2)8-14(7)12(17)16(11(3)4)9-13(5,6)15-14/h10-11,15H,8-9H2,1-7H3. The third-order valence-electron chi connectivity index (χ3n) is 3.35. The Hall–Kier alpha value is -0.570. The Morgan fingerprint density at radius 1 is 1.24 bits per heavy atom. The molecule has 100 valence electrons. The van der Waals surface area contributed by atoms with Gasteiger partial charge in [0, 0.05) is 18.1 Å². The number of amides is 1. The highest BCUT2D eigenvalue weighted by Gasteiger charge is 2.46. The van der Waals surface area contributed by atoms with Crippen molar-refractivity contribution in [1.82, 2.24) is 10.2 Å². The Balaban J connectivity index is 3.00. The van der Waals surface area contributed by atoms with Crippen LogP contribution in [-0.2, 0) is 4.79 Å². The van der Waals surface area contributed by atoms with E-state index in [-0.39, 0.29) is 17.5 Å². The van der Waals surface area contributed by atoms with Crippen molar-refractivity contribution in [3.05, 3.63) is 0 Å². The number of hydrogen-bond donors (Lipinski definition) is 1. The van der Waals surface area contributed by atoms with Crippen molar-refractivity contribution in [3.8, 4) is 0 Å². The first-order valence-electron chi connectivity index (χ1n) is 6.68. The van der Waals surface area contributed by atoms with Crippen LogP contribution in [0.25, 0.3) is 0 Å². The molecule has 1 heterocycles. The summed E-state index contributed by atoms with van der Waals surface area (Å²) in [6.45, 7) is 15.7. The zero-order valence-electron chi connectivity index (χ0n) is 12.4. The lowest BCUT2D eigenvalue weighted by atomic mass is 9.82. The molecule has 0 aromatic heterocycles. The summed E-state index contributed by atoms with van der Waals surface area (Å²) < 4.78 is 0. The van der Waals surface area contributed by atoms with Gasteiger partial charge in [-0.2, -0.15) is 0 Å². The molecule has 0 spiro atoms. The molecular weight excluding hydrogens is 212 g/mol. The van der Waals surface area contributed by atoms with E-state index in [9.17, 15) is 4.79 Å². The Morgan fingerprint density at radius 2 is 1.76 bits per heavy atom. The predicted octanol–water partition coefficient (Wildman–Crippen LogP) is 2.41. The van der Waals surface area contributed by atoms with E-state index in [1.807, 2.05) is 11.8 Å². The molecule has 1 saturated heterocycles. The molecule has 0 saturated carbocycles. The summed E-state index contributed by atoms with van der Waals surface area (Å²) in [5.41, 5.74) is -0.429. The van der Waals surface area contributed by atoms with E-state index in [0.29, 0.717) is 5.92 Å². The second-order valence-electron chi connectivity index (χ2n) is 6.97. The van der Waals surface area contributed by atoms with Gasteiger partial charge in [0.2, 0.25) is 5.91 Å². The van der Waals surface area contributed by atoms with E-state index in [1.165, 1.54) is 0 Å². The molecule has 3 heteroatoms. The summed E-state index contributed by atoms with van der Waals surface area (Å²) >= 11 is 0. The Labute approximate surface area is 106 Å². The average molecular weight is 240 g/mol. The molecule has 0 aromatic rings. The van der Waals surface area contributed by atoms with Gasteiger partial charge in [-0.3, -0.25) is 10.1 Å². The number of nitrogens with zero attached hydrogens (tertiary/aromatic N) is 1. The molecule has 0 bridgehead atoms. The fraction of sp³-hybridized carbons (Fsp3) is 0.929. The summed E-state index contributed by atoms with van der Waals surface area (Å²) in [4.78, 5) is 14.6. The van der Waals surface area contributed by atoms with E-state index >= 15 is 0 Å². The molecule has 1 atom stereocenters. The molecule has 0 radical (unpaired) electrons. The van der Waals surface area contributed by atoms with Gasteiger partial charge in [-0.25, -0.2) is 0 Å². The summed E-state index contributed by atoms with van der Waals surface area (Å²) in [5, 5.41) is 3.54. The van der Waals surface area contributed by atoms with E-state index in [1.54, 1.807) is 0 Å². The maximum absolute atomic E-state index is 12.6. The summed E-state index contributed by atoms with van der Waals surface area (Å²) in [7, 11) is 0. The fourth-order valence-corrected chi connectivity index (χ4v) is 3.03. The van der Waals surface area contributed by atoms with E-state index < -0.39 is 5.54 Å². The Kier molecular flexibility index (Phi) is 3.92. The van der Waals surface area contributed by atoms with Crippen molar-refractivity contribution in [2.24, 2.45) is 5.92 Å². The van der Waals surface area contributed by atoms with Gasteiger partial charge in [0.25, 0.3) is 0 Å². The summed E-state index contributed by atoms with van der Waals surface area (Å²) in [5.74, 6) is 0.764. The minimum absolute atomic E-state index is 0.0121. The van der Waals surface area contributed by atoms with Gasteiger partial charge in [0.05, 0.1) is 5.54 Å². The van der Waals surface area contributed by atoms with Gasteiger partial charge in [-0.1, -0.05) is 13.8 Å². The highest BCUT2D eigenvalue weighted by atomic mass is 16.2. The van der Waals surface area contributed by atoms with Gasteiger partial charge < -0.3 is 4.90 Å². The molecule has 1 unspecified atom stereocenters. The molecule has 3 nitrogen and oxygen atoms in total. The molecule has 1 N–H and O–H groups in total. The zero-order chi connectivity index (χ0) is 13.4. The average Bonchev–Trinajstić information content (AvgIpc) is 2.08. The molecule has 0 aliphatic carbocycles. The van der Waals surface area contributed by atoms with E-state index in [2.05, 4.69) is 46.9 Å². The van der Waals surface area contributed by atoms with Crippen molar-refractivity contribution >= 4 is 5.91 Å². The number of rotatable bonds is 3. The Bertz CT molecular complexity index is 297. The lowest BCUT2D eigenvalue weighted by Crippen LogP contribution is -2.72. The lowest BCUT2D eigenvalue weighted by molar-refractivity contribution is -0.147. The van der Waals surface area contributed by atoms with Gasteiger partial charge in [0.1, 0.15) is 0 Å². The van der Waals surface area contributed by atoms with Gasteiger partial charge >= 0.3 is 0 Å². The molecular formula is C14H28N2O. The first kappa shape index (κ1) is 14.5. The molecule has 1 aliphatic rings. The lowest BCUT2D eigenvalue weighted by Gasteiger charge is -2.50. The highest BCUT2D eigenvalue weighted by molar-refractivity contribution is 5.87. The molecule has 0 aromatic carbocycles. The van der Waals surface area contributed by atoms with Crippen LogP contribution in [0.5, 0.6) is 0 Å². The van der Waals surface area contributed by atoms with Gasteiger partial charge in [-0.15, -0.1) is 0 Å². The van der Waals surface area contributed by atoms with Crippen LogP contribution in [0.3, 0.4) is 0 Å². The van der Waals surface area contributed by atoms with Crippen molar-refractivity contribution in [2.75, 3.05) is 6.54 Å². The minimum Gasteiger partial charge on any atom is -0.337 e. The van der Waals surface area contributed by atoms with Crippen molar-refractivity contribution < 1.29 is 4.79 Å². The fourth-order valence-electron chi connectivity index (χ4n) is 3.03. The molecule has 1 rings (SSSR count). The van der Waals surface area contributed by atoms with Crippen LogP contribution in [0, 0.1) is 5.92 Å². The van der Waals surface area contributed by atoms with Crippen LogP contribution < -0.4 is 5.32 Å². The van der Waals surface area contributed by atoms with E-state index in [0.717, 1.165) is 13.0 Å². The monoisotopic (exact) mass is 240 g/mol. The maximum atomic E-state index is 12.6. The SMILES string of the molecule is CC(C)CC1(C)NC(C)(C)CN(C(C)C)C1=O. The first-order chi connectivity index (χ1) is 7.57. The maximum Gasteiger partial charge on any atom is 0.242 e. The number of carbonyl (C=O) groups is 1. The molecule has 1 fully saturated rings. The van der Waals surface area contributed by atoms with Crippen LogP contribution in [0.1, 0.15) is 54.9 Å². The quantitative estimate of drug-likeness (QED) is 0.821. The first-order valence-corrected chi connectivity index (χ1v) is 6.68. The van der Waals surface area contributed by atoms with E-state index in [4.69, 9.17) is 0 Å². The van der Waals surface area contributed by atoms with Crippen LogP contribution in [0.15, 0.2) is 0 Å². The second kappa shape index (κ2) is 4.60. The minimum atomic E-state index is -0.416. The van der Waals surface area contributed by atoms with Crippen LogP contribution in [0.2, 0.25) is 0 Å². The highest BCUT2D eigenvalue weighted by Crippen LogP contribution is 2.29. The summed E-state index contributed by atoms with van der Waals surface area (Å²) in [6.07, 6.45) is 0.887. The number of carbonyl (C=O) groups excluding carboxylic acids is 1. The van der Waals surface area contributed by atoms with Gasteiger partial charge in [0.15, 0.2) is 0 Å². The molecule has 1 aliphatic heterocycles. The van der Waals surface area contributed by atoms with Crippen LogP contribution >= 0.6 is 0 Å². The number of piperazine rings is 1. The van der Waals surface area contributed by atoms with Crippen molar-refractivity contribution in [1.29, 1.82) is 0 Å². The Morgan fingerprint density at radius 3 is 2.18 bits per heavy atom. The third-order valence-corrected chi connectivity index (χ3v) is 3.35. The molecule has 17 heavy (non-hydrogen) atoms. The van der Waals surface area contributed by atoms with Crippen LogP contribution in [-0.4, -0.2) is 34.5 Å². The second-order valence-corrected chi connectivity index (χ2v) is 6.97.